The molecule has 3 saturated heterocycles. The summed E-state index contributed by atoms with van der Waals surface area (Å²) in [6.07, 6.45) is 3.84. The van der Waals surface area contributed by atoms with E-state index in [0.717, 1.165) is 36.5 Å². The quantitative estimate of drug-likeness (QED) is 0.243. The van der Waals surface area contributed by atoms with Crippen LogP contribution in [0.2, 0.25) is 0 Å². The number of alkyl halides is 1. The van der Waals surface area contributed by atoms with Gasteiger partial charge >= 0.3 is 5.97 Å². The van der Waals surface area contributed by atoms with Gasteiger partial charge in [-0.1, -0.05) is 59.1 Å². The molecule has 3 heterocycles. The molecule has 1 spiro atoms. The van der Waals surface area contributed by atoms with E-state index in [-0.39, 0.29) is 41.1 Å². The molecule has 9 heteroatoms. The van der Waals surface area contributed by atoms with Gasteiger partial charge in [-0.25, -0.2) is 0 Å². The van der Waals surface area contributed by atoms with Crippen molar-refractivity contribution in [3.63, 3.8) is 0 Å². The predicted octanol–water partition coefficient (Wildman–Crippen LogP) is 4.36. The molecular weight excluding hydrogens is 556 g/mol. The number of nitrogens with one attached hydrogen (secondary N) is 1. The van der Waals surface area contributed by atoms with E-state index in [2.05, 4.69) is 21.2 Å². The van der Waals surface area contributed by atoms with Crippen LogP contribution in [0.5, 0.6) is 0 Å². The number of fused-ring (bicyclic) bond motifs is 2. The van der Waals surface area contributed by atoms with Crippen molar-refractivity contribution in [2.24, 2.45) is 11.8 Å². The molecule has 2 N–H and O–H groups in total. The van der Waals surface area contributed by atoms with Gasteiger partial charge in [-0.05, 0) is 49.1 Å². The smallest absolute Gasteiger partial charge is 0.310 e. The number of carbonyl (C=O) groups excluding carboxylic acids is 3. The Balaban J connectivity index is 1.45. The number of rotatable bonds is 10. The summed E-state index contributed by atoms with van der Waals surface area (Å²) in [7, 11) is 0. The van der Waals surface area contributed by atoms with Gasteiger partial charge in [0.25, 0.3) is 0 Å². The first-order valence-electron chi connectivity index (χ1n) is 13.1. The minimum absolute atomic E-state index is 0.0245. The second-order valence-electron chi connectivity index (χ2n) is 10.1. The molecular formula is C28H33BrN2O5S. The van der Waals surface area contributed by atoms with E-state index in [1.54, 1.807) is 23.6 Å². The molecule has 0 aromatic heterocycles. The zero-order valence-corrected chi connectivity index (χ0v) is 23.3. The Bertz CT molecular complexity index is 1190. The summed E-state index contributed by atoms with van der Waals surface area (Å²) < 4.78 is 4.72. The molecule has 3 unspecified atom stereocenters. The second kappa shape index (κ2) is 10.9. The van der Waals surface area contributed by atoms with Gasteiger partial charge in [-0.2, -0.15) is 0 Å². The molecule has 2 amide bonds. The third-order valence-corrected chi connectivity index (χ3v) is 11.1. The minimum atomic E-state index is -0.681. The first-order chi connectivity index (χ1) is 17.9. The first-order valence-corrected chi connectivity index (χ1v) is 14.9. The summed E-state index contributed by atoms with van der Waals surface area (Å²) in [6, 6.07) is 13.1. The summed E-state index contributed by atoms with van der Waals surface area (Å²) in [6.45, 7) is 2.63. The molecule has 2 aromatic carbocycles. The van der Waals surface area contributed by atoms with Gasteiger partial charge in [-0.3, -0.25) is 14.4 Å². The van der Waals surface area contributed by atoms with Gasteiger partial charge in [0.1, 0.15) is 6.04 Å². The van der Waals surface area contributed by atoms with Crippen LogP contribution in [-0.4, -0.2) is 68.4 Å². The number of halogens is 1. The lowest BCUT2D eigenvalue weighted by Crippen LogP contribution is -2.52. The number of carbonyl (C=O) groups is 3. The van der Waals surface area contributed by atoms with Crippen molar-refractivity contribution in [2.75, 3.05) is 25.1 Å². The van der Waals surface area contributed by atoms with E-state index >= 15 is 0 Å². The van der Waals surface area contributed by atoms with Crippen molar-refractivity contribution in [3.8, 4) is 0 Å². The number of aliphatic hydroxyl groups is 1. The van der Waals surface area contributed by atoms with Crippen LogP contribution in [0.3, 0.4) is 0 Å². The number of benzene rings is 2. The Morgan fingerprint density at radius 1 is 1.16 bits per heavy atom. The zero-order chi connectivity index (χ0) is 26.2. The topological polar surface area (TPSA) is 95.9 Å². The Morgan fingerprint density at radius 3 is 2.68 bits per heavy atom. The van der Waals surface area contributed by atoms with Gasteiger partial charge < -0.3 is 20.1 Å². The number of aliphatic hydroxyl groups excluding tert-OH is 1. The lowest BCUT2D eigenvalue weighted by molar-refractivity contribution is -0.153. The summed E-state index contributed by atoms with van der Waals surface area (Å²) >= 11 is 5.38. The van der Waals surface area contributed by atoms with Crippen molar-refractivity contribution in [3.05, 3.63) is 42.5 Å². The van der Waals surface area contributed by atoms with Gasteiger partial charge in [0.05, 0.1) is 23.2 Å². The van der Waals surface area contributed by atoms with E-state index in [4.69, 9.17) is 9.84 Å². The maximum absolute atomic E-state index is 14.0. The Labute approximate surface area is 229 Å². The Kier molecular flexibility index (Phi) is 7.84. The highest BCUT2D eigenvalue weighted by Crippen LogP contribution is 2.67. The summed E-state index contributed by atoms with van der Waals surface area (Å²) in [4.78, 5) is 42.7. The number of hydrogen-bond acceptors (Lipinski definition) is 6. The van der Waals surface area contributed by atoms with Crippen molar-refractivity contribution >= 4 is 61.9 Å². The molecule has 37 heavy (non-hydrogen) atoms. The van der Waals surface area contributed by atoms with Crippen molar-refractivity contribution in [1.29, 1.82) is 0 Å². The van der Waals surface area contributed by atoms with E-state index in [0.29, 0.717) is 18.7 Å². The highest BCUT2D eigenvalue weighted by Gasteiger charge is 2.75. The lowest BCUT2D eigenvalue weighted by Gasteiger charge is -2.35. The van der Waals surface area contributed by atoms with Crippen LogP contribution < -0.4 is 5.32 Å². The second-order valence-corrected chi connectivity index (χ2v) is 12.9. The highest BCUT2D eigenvalue weighted by atomic mass is 79.9. The monoisotopic (exact) mass is 588 g/mol. The molecule has 0 aliphatic carbocycles. The number of nitrogens with zero attached hydrogens (tertiary/aromatic N) is 1. The van der Waals surface area contributed by atoms with Crippen LogP contribution in [0.1, 0.15) is 39.0 Å². The predicted molar refractivity (Wildman–Crippen MR) is 149 cm³/mol. The van der Waals surface area contributed by atoms with Crippen molar-refractivity contribution in [1.82, 2.24) is 4.90 Å². The standard InChI is InChI=1S/C28H33BrN2O5S/c1-2-36-27(35)21-22-26(34)31(13-7-3-4-8-14-32)24(28(22)16-20(29)23(21)37-28)25(33)30-19-12-11-17-9-5-6-10-18(17)15-19/h5-6,9-12,15,20-24,32H,2-4,7-8,13-14,16H2,1H3,(H,30,33)/t20?,21-,22+,23-,24?,28?/m1/s1. The summed E-state index contributed by atoms with van der Waals surface area (Å²) in [5.74, 6) is -1.80. The normalized spacial score (nSPS) is 30.1. The fraction of sp³-hybridized carbons (Fsp3) is 0.536. The maximum atomic E-state index is 14.0. The number of ether oxygens (including phenoxy) is 1. The molecule has 3 fully saturated rings. The average Bonchev–Trinajstić information content (AvgIpc) is 3.47. The van der Waals surface area contributed by atoms with Crippen LogP contribution in [-0.2, 0) is 19.1 Å². The molecule has 6 atom stereocenters. The number of amides is 2. The number of hydrogen-bond donors (Lipinski definition) is 2. The molecule has 2 bridgehead atoms. The van der Waals surface area contributed by atoms with Gasteiger partial charge in [0, 0.05) is 28.9 Å². The molecule has 0 saturated carbocycles. The van der Waals surface area contributed by atoms with E-state index in [9.17, 15) is 14.4 Å². The molecule has 198 valence electrons. The van der Waals surface area contributed by atoms with Gasteiger partial charge in [-0.15, -0.1) is 11.8 Å². The maximum Gasteiger partial charge on any atom is 0.310 e. The van der Waals surface area contributed by atoms with Crippen LogP contribution in [0, 0.1) is 11.8 Å². The molecule has 2 aromatic rings. The largest absolute Gasteiger partial charge is 0.466 e. The lowest BCUT2D eigenvalue weighted by atomic mass is 9.71. The van der Waals surface area contributed by atoms with Gasteiger partial charge in [0.2, 0.25) is 11.8 Å². The van der Waals surface area contributed by atoms with E-state index in [1.807, 2.05) is 42.5 Å². The first kappa shape index (κ1) is 26.5. The van der Waals surface area contributed by atoms with E-state index < -0.39 is 22.6 Å². The molecule has 3 aliphatic rings. The summed E-state index contributed by atoms with van der Waals surface area (Å²) in [5.41, 5.74) is 0.689. The third kappa shape index (κ3) is 4.68. The summed E-state index contributed by atoms with van der Waals surface area (Å²) in [5, 5.41) is 14.2. The van der Waals surface area contributed by atoms with Crippen LogP contribution in [0.15, 0.2) is 42.5 Å². The highest BCUT2D eigenvalue weighted by molar-refractivity contribution is 9.09. The third-order valence-electron chi connectivity index (χ3n) is 7.92. The van der Waals surface area contributed by atoms with Crippen LogP contribution in [0.25, 0.3) is 10.8 Å². The number of thioether (sulfide) groups is 1. The number of unbranched alkanes of at least 4 members (excludes halogenated alkanes) is 3. The number of anilines is 1. The van der Waals surface area contributed by atoms with Crippen LogP contribution >= 0.6 is 27.7 Å². The van der Waals surface area contributed by atoms with Crippen molar-refractivity contribution < 1.29 is 24.2 Å². The number of esters is 1. The Morgan fingerprint density at radius 2 is 1.92 bits per heavy atom. The molecule has 0 radical (unpaired) electrons. The number of likely N-dealkylation sites (tertiary alicyclic amines) is 1. The average molecular weight is 590 g/mol. The minimum Gasteiger partial charge on any atom is -0.466 e. The van der Waals surface area contributed by atoms with E-state index in [1.165, 1.54) is 0 Å². The van der Waals surface area contributed by atoms with Crippen LogP contribution in [0.4, 0.5) is 5.69 Å². The molecule has 3 aliphatic heterocycles. The zero-order valence-electron chi connectivity index (χ0n) is 20.9. The molecule has 5 rings (SSSR count). The molecule has 7 nitrogen and oxygen atoms in total. The van der Waals surface area contributed by atoms with Crippen molar-refractivity contribution in [2.45, 2.75) is 59.9 Å². The Hall–Kier alpha value is -2.10. The fourth-order valence-electron chi connectivity index (χ4n) is 6.40. The fourth-order valence-corrected chi connectivity index (χ4v) is 10.0. The SMILES string of the molecule is CCOC(=O)[C@H]1[C@@H]2SC3(CC2Br)C(C(=O)Nc2ccc4ccccc4c2)N(CCCCCCO)C(=O)[C@H]13. The van der Waals surface area contributed by atoms with Gasteiger partial charge in [0.15, 0.2) is 0 Å².